The minimum atomic E-state index is -5.06. The highest BCUT2D eigenvalue weighted by Gasteiger charge is 2.44. The number of alkyl halides is 6. The first-order valence-corrected chi connectivity index (χ1v) is 12.5. The number of amides is 2. The molecule has 4 rings (SSSR count). The Morgan fingerprint density at radius 2 is 1.50 bits per heavy atom. The number of benzene rings is 3. The number of carbonyl (C=O) groups is 2. The lowest BCUT2D eigenvalue weighted by Gasteiger charge is -2.42. The van der Waals surface area contributed by atoms with Crippen molar-refractivity contribution in [3.8, 4) is 0 Å². The Bertz CT molecular complexity index is 1350. The van der Waals surface area contributed by atoms with E-state index >= 15 is 0 Å². The maximum absolute atomic E-state index is 13.8. The molecule has 0 bridgehead atoms. The van der Waals surface area contributed by atoms with Crippen molar-refractivity contribution in [2.75, 3.05) is 6.54 Å². The monoisotopic (exact) mass is 564 g/mol. The van der Waals surface area contributed by atoms with Crippen molar-refractivity contribution in [2.45, 2.75) is 50.8 Å². The van der Waals surface area contributed by atoms with Crippen LogP contribution in [-0.4, -0.2) is 28.4 Å². The van der Waals surface area contributed by atoms with Crippen LogP contribution in [0.3, 0.4) is 0 Å². The van der Waals surface area contributed by atoms with Crippen LogP contribution < -0.4 is 5.32 Å². The number of aliphatic hydroxyl groups excluding tert-OH is 1. The molecule has 1 aliphatic rings. The van der Waals surface area contributed by atoms with Gasteiger partial charge >= 0.3 is 12.4 Å². The summed E-state index contributed by atoms with van der Waals surface area (Å²) in [6.45, 7) is 1.28. The van der Waals surface area contributed by atoms with E-state index < -0.39 is 53.8 Å². The largest absolute Gasteiger partial charge is 0.416 e. The second-order valence-corrected chi connectivity index (χ2v) is 9.55. The number of nitrogens with zero attached hydrogens (tertiary/aromatic N) is 1. The van der Waals surface area contributed by atoms with Gasteiger partial charge in [0.25, 0.3) is 5.91 Å². The molecule has 2 atom stereocenters. The average molecular weight is 565 g/mol. The van der Waals surface area contributed by atoms with Gasteiger partial charge in [-0.1, -0.05) is 49.4 Å². The fourth-order valence-corrected chi connectivity index (χ4v) is 4.91. The Balaban J connectivity index is 1.90. The molecule has 2 amide bonds. The van der Waals surface area contributed by atoms with Gasteiger partial charge in [0.1, 0.15) is 0 Å². The number of hydrogen-bond acceptors (Lipinski definition) is 3. The summed E-state index contributed by atoms with van der Waals surface area (Å²) in [6.07, 6.45) is -9.50. The predicted octanol–water partition coefficient (Wildman–Crippen LogP) is 6.22. The molecule has 3 aromatic carbocycles. The van der Waals surface area contributed by atoms with E-state index in [4.69, 9.17) is 0 Å². The summed E-state index contributed by atoms with van der Waals surface area (Å²) in [5.74, 6) is -2.09. The van der Waals surface area contributed by atoms with E-state index in [1.165, 1.54) is 6.07 Å². The van der Waals surface area contributed by atoms with E-state index in [2.05, 4.69) is 5.32 Å². The molecule has 212 valence electrons. The van der Waals surface area contributed by atoms with Crippen LogP contribution in [0.1, 0.15) is 69.0 Å². The Labute approximate surface area is 226 Å². The lowest BCUT2D eigenvalue weighted by molar-refractivity contribution is -0.143. The lowest BCUT2D eigenvalue weighted by Crippen LogP contribution is -2.47. The molecule has 0 saturated heterocycles. The number of hydrogen-bond donors (Lipinski definition) is 2. The van der Waals surface area contributed by atoms with E-state index in [9.17, 15) is 41.0 Å². The smallest absolute Gasteiger partial charge is 0.392 e. The van der Waals surface area contributed by atoms with Crippen LogP contribution in [0.15, 0.2) is 66.7 Å². The van der Waals surface area contributed by atoms with E-state index in [-0.39, 0.29) is 23.8 Å². The molecule has 40 heavy (non-hydrogen) atoms. The minimum absolute atomic E-state index is 0.0307. The summed E-state index contributed by atoms with van der Waals surface area (Å²) in [7, 11) is 0. The highest BCUT2D eigenvalue weighted by atomic mass is 19.4. The standard InChI is InChI=1S/C29H26F6N2O3/c1-2-11-36-26(39)24-22-5-3-4-6-23(22)27(40)37(25(24)19-9-7-17(16-38)8-10-19)15-18-12-20(28(30,31)32)14-21(13-18)29(33,34)35/h3-10,12-14,24-25,38H,2,11,15-16H2,1H3,(H,36,39)/t24-,25+/m1/s1. The van der Waals surface area contributed by atoms with Gasteiger partial charge in [-0.05, 0) is 52.9 Å². The summed E-state index contributed by atoms with van der Waals surface area (Å²) in [5, 5.41) is 12.3. The number of halogens is 6. The first kappa shape index (κ1) is 29.1. The molecule has 0 fully saturated rings. The number of rotatable bonds is 7. The summed E-state index contributed by atoms with van der Waals surface area (Å²) < 4.78 is 81.4. The van der Waals surface area contributed by atoms with Crippen molar-refractivity contribution in [3.05, 3.63) is 106 Å². The van der Waals surface area contributed by atoms with Gasteiger partial charge in [-0.2, -0.15) is 26.3 Å². The zero-order chi connectivity index (χ0) is 29.2. The first-order chi connectivity index (χ1) is 18.8. The van der Waals surface area contributed by atoms with Gasteiger partial charge in [-0.25, -0.2) is 0 Å². The second kappa shape index (κ2) is 11.3. The SMILES string of the molecule is CCCNC(=O)[C@@H]1c2ccccc2C(=O)N(Cc2cc(C(F)(F)F)cc(C(F)(F)F)c2)[C@H]1c1ccc(CO)cc1. The average Bonchev–Trinajstić information content (AvgIpc) is 2.92. The van der Waals surface area contributed by atoms with Gasteiger partial charge in [0.05, 0.1) is 29.7 Å². The molecule has 0 saturated carbocycles. The zero-order valence-corrected chi connectivity index (χ0v) is 21.3. The van der Waals surface area contributed by atoms with Gasteiger partial charge in [-0.3, -0.25) is 9.59 Å². The van der Waals surface area contributed by atoms with E-state index in [1.807, 2.05) is 6.92 Å². The quantitative estimate of drug-likeness (QED) is 0.335. The Kier molecular flexibility index (Phi) is 8.25. The first-order valence-electron chi connectivity index (χ1n) is 12.5. The molecule has 11 heteroatoms. The second-order valence-electron chi connectivity index (χ2n) is 9.55. The topological polar surface area (TPSA) is 69.6 Å². The Morgan fingerprint density at radius 3 is 2.05 bits per heavy atom. The third kappa shape index (κ3) is 5.99. The number of fused-ring (bicyclic) bond motifs is 1. The molecular weight excluding hydrogens is 538 g/mol. The molecule has 0 aromatic heterocycles. The summed E-state index contributed by atoms with van der Waals surface area (Å²) in [4.78, 5) is 28.4. The minimum Gasteiger partial charge on any atom is -0.392 e. The lowest BCUT2D eigenvalue weighted by atomic mass is 9.78. The molecule has 5 nitrogen and oxygen atoms in total. The molecule has 3 aromatic rings. The van der Waals surface area contributed by atoms with Crippen molar-refractivity contribution in [1.29, 1.82) is 0 Å². The Morgan fingerprint density at radius 1 is 0.900 bits per heavy atom. The molecule has 1 heterocycles. The van der Waals surface area contributed by atoms with Crippen molar-refractivity contribution in [2.24, 2.45) is 0 Å². The van der Waals surface area contributed by atoms with E-state index in [1.54, 1.807) is 42.5 Å². The Hall–Kier alpha value is -3.86. The summed E-state index contributed by atoms with van der Waals surface area (Å²) >= 11 is 0. The molecule has 2 N–H and O–H groups in total. The summed E-state index contributed by atoms with van der Waals surface area (Å²) in [6, 6.07) is 12.8. The van der Waals surface area contributed by atoms with Crippen LogP contribution in [-0.2, 0) is 30.3 Å². The molecule has 0 radical (unpaired) electrons. The summed E-state index contributed by atoms with van der Waals surface area (Å²) in [5.41, 5.74) is -1.89. The molecule has 0 unspecified atom stereocenters. The highest BCUT2D eigenvalue weighted by molar-refractivity contribution is 6.01. The van der Waals surface area contributed by atoms with Crippen LogP contribution in [0.25, 0.3) is 0 Å². The fraction of sp³-hybridized carbons (Fsp3) is 0.310. The number of aliphatic hydroxyl groups is 1. The normalized spacial score (nSPS) is 17.5. The van der Waals surface area contributed by atoms with Gasteiger partial charge in [-0.15, -0.1) is 0 Å². The van der Waals surface area contributed by atoms with Crippen LogP contribution in [0, 0.1) is 0 Å². The predicted molar refractivity (Wildman–Crippen MR) is 134 cm³/mol. The van der Waals surface area contributed by atoms with Crippen LogP contribution in [0.2, 0.25) is 0 Å². The molecule has 1 aliphatic heterocycles. The van der Waals surface area contributed by atoms with E-state index in [0.717, 1.165) is 4.90 Å². The maximum atomic E-state index is 13.8. The van der Waals surface area contributed by atoms with Crippen LogP contribution >= 0.6 is 0 Å². The van der Waals surface area contributed by atoms with E-state index in [0.29, 0.717) is 41.8 Å². The number of carbonyl (C=O) groups excluding carboxylic acids is 2. The maximum Gasteiger partial charge on any atom is 0.416 e. The molecular formula is C29H26F6N2O3. The fourth-order valence-electron chi connectivity index (χ4n) is 4.91. The van der Waals surface area contributed by atoms with Crippen LogP contribution in [0.5, 0.6) is 0 Å². The molecule has 0 spiro atoms. The molecule has 0 aliphatic carbocycles. The van der Waals surface area contributed by atoms with Crippen LogP contribution in [0.4, 0.5) is 26.3 Å². The van der Waals surface area contributed by atoms with Crippen molar-refractivity contribution in [1.82, 2.24) is 10.2 Å². The number of nitrogens with one attached hydrogen (secondary N) is 1. The third-order valence-electron chi connectivity index (χ3n) is 6.77. The van der Waals surface area contributed by atoms with Crippen molar-refractivity contribution in [3.63, 3.8) is 0 Å². The van der Waals surface area contributed by atoms with Gasteiger partial charge in [0, 0.05) is 18.7 Å². The van der Waals surface area contributed by atoms with Gasteiger partial charge in [0.2, 0.25) is 5.91 Å². The van der Waals surface area contributed by atoms with Gasteiger partial charge < -0.3 is 15.3 Å². The third-order valence-corrected chi connectivity index (χ3v) is 6.77. The zero-order valence-electron chi connectivity index (χ0n) is 21.3. The van der Waals surface area contributed by atoms with Gasteiger partial charge in [0.15, 0.2) is 0 Å². The van der Waals surface area contributed by atoms with Crippen molar-refractivity contribution >= 4 is 11.8 Å². The highest BCUT2D eigenvalue weighted by Crippen LogP contribution is 2.44. The van der Waals surface area contributed by atoms with Crippen molar-refractivity contribution < 1.29 is 41.0 Å².